The number of rotatable bonds is 5. The van der Waals surface area contributed by atoms with Crippen LogP contribution in [0.3, 0.4) is 0 Å². The number of ether oxygens (including phenoxy) is 2. The summed E-state index contributed by atoms with van der Waals surface area (Å²) in [5.41, 5.74) is -0.472. The van der Waals surface area contributed by atoms with Gasteiger partial charge in [-0.25, -0.2) is 0 Å². The lowest BCUT2D eigenvalue weighted by molar-refractivity contribution is -0.150. The molecule has 1 aliphatic carbocycles. The molecular formula is C12H23NO3. The SMILES string of the molecule is COCCNC1(C(=O)OC)CCC(C)CC1. The summed E-state index contributed by atoms with van der Waals surface area (Å²) in [6, 6.07) is 0. The van der Waals surface area contributed by atoms with Crippen LogP contribution in [0.5, 0.6) is 0 Å². The second-order valence-electron chi connectivity index (χ2n) is 4.68. The number of hydrogen-bond acceptors (Lipinski definition) is 4. The fourth-order valence-corrected chi connectivity index (χ4v) is 2.30. The summed E-state index contributed by atoms with van der Waals surface area (Å²) in [6.45, 7) is 3.55. The molecule has 0 spiro atoms. The highest BCUT2D eigenvalue weighted by atomic mass is 16.5. The Hall–Kier alpha value is -0.610. The fraction of sp³-hybridized carbons (Fsp3) is 0.917. The van der Waals surface area contributed by atoms with Crippen molar-refractivity contribution in [2.75, 3.05) is 27.4 Å². The maximum absolute atomic E-state index is 11.9. The van der Waals surface area contributed by atoms with E-state index in [1.807, 2.05) is 0 Å². The zero-order valence-electron chi connectivity index (χ0n) is 10.5. The number of methoxy groups -OCH3 is 2. The Balaban J connectivity index is 2.58. The van der Waals surface area contributed by atoms with Crippen molar-refractivity contribution >= 4 is 5.97 Å². The summed E-state index contributed by atoms with van der Waals surface area (Å²) in [5, 5.41) is 3.31. The molecule has 1 N–H and O–H groups in total. The lowest BCUT2D eigenvalue weighted by Crippen LogP contribution is -2.55. The van der Waals surface area contributed by atoms with Crippen LogP contribution in [0.1, 0.15) is 32.6 Å². The van der Waals surface area contributed by atoms with Gasteiger partial charge in [0.05, 0.1) is 13.7 Å². The number of carbonyl (C=O) groups is 1. The summed E-state index contributed by atoms with van der Waals surface area (Å²) in [5.74, 6) is 0.581. The molecule has 0 radical (unpaired) electrons. The largest absolute Gasteiger partial charge is 0.468 e. The minimum Gasteiger partial charge on any atom is -0.468 e. The smallest absolute Gasteiger partial charge is 0.326 e. The van der Waals surface area contributed by atoms with Gasteiger partial charge in [-0.05, 0) is 31.6 Å². The van der Waals surface area contributed by atoms with Gasteiger partial charge in [0, 0.05) is 13.7 Å². The maximum atomic E-state index is 11.9. The van der Waals surface area contributed by atoms with Gasteiger partial charge >= 0.3 is 5.97 Å². The Kier molecular flexibility index (Phi) is 5.22. The number of carbonyl (C=O) groups excluding carboxylic acids is 1. The first kappa shape index (κ1) is 13.5. The second kappa shape index (κ2) is 6.21. The first-order chi connectivity index (χ1) is 7.64. The van der Waals surface area contributed by atoms with Crippen molar-refractivity contribution < 1.29 is 14.3 Å². The molecule has 16 heavy (non-hydrogen) atoms. The number of hydrogen-bond donors (Lipinski definition) is 1. The Bertz CT molecular complexity index is 222. The lowest BCUT2D eigenvalue weighted by atomic mass is 9.77. The Morgan fingerprint density at radius 2 is 2.00 bits per heavy atom. The van der Waals surface area contributed by atoms with Gasteiger partial charge < -0.3 is 9.47 Å². The molecule has 94 valence electrons. The highest BCUT2D eigenvalue weighted by Crippen LogP contribution is 2.32. The average Bonchev–Trinajstić information content (AvgIpc) is 2.31. The predicted molar refractivity (Wildman–Crippen MR) is 62.3 cm³/mol. The van der Waals surface area contributed by atoms with E-state index in [0.29, 0.717) is 19.1 Å². The van der Waals surface area contributed by atoms with Crippen LogP contribution in [-0.2, 0) is 14.3 Å². The van der Waals surface area contributed by atoms with E-state index in [1.54, 1.807) is 7.11 Å². The fourth-order valence-electron chi connectivity index (χ4n) is 2.30. The van der Waals surface area contributed by atoms with Crippen molar-refractivity contribution in [3.05, 3.63) is 0 Å². The van der Waals surface area contributed by atoms with Crippen LogP contribution in [0.15, 0.2) is 0 Å². The molecule has 0 unspecified atom stereocenters. The predicted octanol–water partition coefficient (Wildman–Crippen LogP) is 1.34. The maximum Gasteiger partial charge on any atom is 0.326 e. The molecule has 0 aliphatic heterocycles. The van der Waals surface area contributed by atoms with Crippen LogP contribution < -0.4 is 5.32 Å². The first-order valence-corrected chi connectivity index (χ1v) is 5.97. The van der Waals surface area contributed by atoms with Crippen molar-refractivity contribution in [1.29, 1.82) is 0 Å². The highest BCUT2D eigenvalue weighted by molar-refractivity contribution is 5.80. The third-order valence-corrected chi connectivity index (χ3v) is 3.47. The van der Waals surface area contributed by atoms with Gasteiger partial charge in [-0.3, -0.25) is 10.1 Å². The van der Waals surface area contributed by atoms with E-state index < -0.39 is 5.54 Å². The molecule has 0 heterocycles. The van der Waals surface area contributed by atoms with Crippen LogP contribution in [0.25, 0.3) is 0 Å². The van der Waals surface area contributed by atoms with Gasteiger partial charge in [-0.2, -0.15) is 0 Å². The monoisotopic (exact) mass is 229 g/mol. The van der Waals surface area contributed by atoms with Crippen molar-refractivity contribution in [3.63, 3.8) is 0 Å². The molecule has 4 nitrogen and oxygen atoms in total. The molecule has 4 heteroatoms. The van der Waals surface area contributed by atoms with Gasteiger partial charge in [-0.15, -0.1) is 0 Å². The molecule has 0 amide bonds. The molecule has 1 rings (SSSR count). The van der Waals surface area contributed by atoms with Gasteiger partial charge in [0.25, 0.3) is 0 Å². The molecule has 0 aromatic rings. The van der Waals surface area contributed by atoms with Crippen molar-refractivity contribution in [3.8, 4) is 0 Å². The minimum absolute atomic E-state index is 0.129. The zero-order chi connectivity index (χ0) is 12.0. The third kappa shape index (κ3) is 3.19. The Morgan fingerprint density at radius 3 is 2.50 bits per heavy atom. The summed E-state index contributed by atoms with van der Waals surface area (Å²) in [7, 11) is 3.12. The van der Waals surface area contributed by atoms with E-state index in [0.717, 1.165) is 25.7 Å². The second-order valence-corrected chi connectivity index (χ2v) is 4.68. The van der Waals surface area contributed by atoms with Crippen LogP contribution in [0.2, 0.25) is 0 Å². The van der Waals surface area contributed by atoms with E-state index >= 15 is 0 Å². The summed E-state index contributed by atoms with van der Waals surface area (Å²) in [6.07, 6.45) is 3.89. The van der Waals surface area contributed by atoms with Crippen molar-refractivity contribution in [2.24, 2.45) is 5.92 Å². The molecule has 1 saturated carbocycles. The van der Waals surface area contributed by atoms with E-state index in [-0.39, 0.29) is 5.97 Å². The van der Waals surface area contributed by atoms with Gasteiger partial charge in [0.15, 0.2) is 0 Å². The Morgan fingerprint density at radius 1 is 1.38 bits per heavy atom. The standard InChI is InChI=1S/C12H23NO3/c1-10-4-6-12(7-5-10,11(14)16-3)13-8-9-15-2/h10,13H,4-9H2,1-3H3. The third-order valence-electron chi connectivity index (χ3n) is 3.47. The topological polar surface area (TPSA) is 47.6 Å². The van der Waals surface area contributed by atoms with E-state index in [2.05, 4.69) is 12.2 Å². The van der Waals surface area contributed by atoms with Crippen LogP contribution in [-0.4, -0.2) is 38.9 Å². The molecule has 0 aromatic heterocycles. The number of nitrogens with one attached hydrogen (secondary N) is 1. The molecule has 0 saturated heterocycles. The average molecular weight is 229 g/mol. The normalized spacial score (nSPS) is 30.1. The zero-order valence-corrected chi connectivity index (χ0v) is 10.5. The molecule has 1 aliphatic rings. The van der Waals surface area contributed by atoms with Crippen LogP contribution in [0, 0.1) is 5.92 Å². The quantitative estimate of drug-likeness (QED) is 0.571. The summed E-state index contributed by atoms with van der Waals surface area (Å²) in [4.78, 5) is 11.9. The number of esters is 1. The molecule has 0 bridgehead atoms. The van der Waals surface area contributed by atoms with E-state index in [4.69, 9.17) is 9.47 Å². The van der Waals surface area contributed by atoms with E-state index in [9.17, 15) is 4.79 Å². The molecule has 0 aromatic carbocycles. The van der Waals surface area contributed by atoms with Crippen molar-refractivity contribution in [2.45, 2.75) is 38.1 Å². The summed E-state index contributed by atoms with van der Waals surface area (Å²) < 4.78 is 9.91. The van der Waals surface area contributed by atoms with Gasteiger partial charge in [0.2, 0.25) is 0 Å². The minimum atomic E-state index is -0.472. The first-order valence-electron chi connectivity index (χ1n) is 5.97. The summed E-state index contributed by atoms with van der Waals surface area (Å²) >= 11 is 0. The van der Waals surface area contributed by atoms with Gasteiger partial charge in [-0.1, -0.05) is 6.92 Å². The van der Waals surface area contributed by atoms with Crippen LogP contribution in [0.4, 0.5) is 0 Å². The molecule has 0 atom stereocenters. The lowest BCUT2D eigenvalue weighted by Gasteiger charge is -2.37. The van der Waals surface area contributed by atoms with Crippen LogP contribution >= 0.6 is 0 Å². The van der Waals surface area contributed by atoms with Crippen molar-refractivity contribution in [1.82, 2.24) is 5.32 Å². The highest BCUT2D eigenvalue weighted by Gasteiger charge is 2.41. The van der Waals surface area contributed by atoms with Gasteiger partial charge in [0.1, 0.15) is 5.54 Å². The molecular weight excluding hydrogens is 206 g/mol. The van der Waals surface area contributed by atoms with E-state index in [1.165, 1.54) is 7.11 Å². The Labute approximate surface area is 97.7 Å². The molecule has 1 fully saturated rings.